The third kappa shape index (κ3) is 7.27. The summed E-state index contributed by atoms with van der Waals surface area (Å²) in [5, 5.41) is 19.2. The maximum atomic E-state index is 11.0. The van der Waals surface area contributed by atoms with E-state index in [1.165, 1.54) is 0 Å². The van der Waals surface area contributed by atoms with Gasteiger partial charge in [-0.3, -0.25) is 9.59 Å². The Morgan fingerprint density at radius 3 is 2.46 bits per heavy atom. The van der Waals surface area contributed by atoms with Crippen LogP contribution in [0.2, 0.25) is 0 Å². The van der Waals surface area contributed by atoms with E-state index < -0.39 is 5.97 Å². The van der Waals surface area contributed by atoms with Gasteiger partial charge in [-0.05, 0) is 5.92 Å². The summed E-state index contributed by atoms with van der Waals surface area (Å²) in [6.45, 7) is 1.82. The summed E-state index contributed by atoms with van der Waals surface area (Å²) in [5.74, 6) is -1.29. The monoisotopic (exact) mass is 189 g/mol. The summed E-state index contributed by atoms with van der Waals surface area (Å²) in [5.41, 5.74) is 0. The zero-order valence-electron chi connectivity index (χ0n) is 7.62. The van der Waals surface area contributed by atoms with E-state index >= 15 is 0 Å². The Bertz CT molecular complexity index is 181. The fourth-order valence-electron chi connectivity index (χ4n) is 0.954. The van der Waals surface area contributed by atoms with Gasteiger partial charge in [0.05, 0.1) is 6.61 Å². The number of aliphatic hydroxyl groups is 1. The molecule has 0 radical (unpaired) electrons. The molecule has 0 saturated carbocycles. The molecule has 76 valence electrons. The molecule has 1 amide bonds. The molecule has 0 bridgehead atoms. The van der Waals surface area contributed by atoms with Gasteiger partial charge in [0.1, 0.15) is 0 Å². The van der Waals surface area contributed by atoms with Crippen LogP contribution in [0.15, 0.2) is 0 Å². The normalized spacial score (nSPS) is 12.2. The van der Waals surface area contributed by atoms with Gasteiger partial charge in [0.25, 0.3) is 0 Å². The van der Waals surface area contributed by atoms with Crippen molar-refractivity contribution in [1.82, 2.24) is 5.32 Å². The summed E-state index contributed by atoms with van der Waals surface area (Å²) in [6.07, 6.45) is 0.179. The van der Waals surface area contributed by atoms with Crippen LogP contribution < -0.4 is 5.32 Å². The van der Waals surface area contributed by atoms with Crippen molar-refractivity contribution in [2.24, 2.45) is 5.92 Å². The molecular weight excluding hydrogens is 174 g/mol. The molecule has 0 rings (SSSR count). The SMILES string of the molecule is CC(CC(=O)O)CC(=O)NCCO. The van der Waals surface area contributed by atoms with Crippen LogP contribution in [-0.4, -0.2) is 35.2 Å². The molecular formula is C8H15NO4. The molecule has 1 unspecified atom stereocenters. The van der Waals surface area contributed by atoms with Crippen molar-refractivity contribution in [3.63, 3.8) is 0 Å². The average Bonchev–Trinajstić information content (AvgIpc) is 1.98. The number of aliphatic carboxylic acids is 1. The second-order valence-corrected chi connectivity index (χ2v) is 2.98. The third-order valence-electron chi connectivity index (χ3n) is 1.49. The molecule has 1 atom stereocenters. The van der Waals surface area contributed by atoms with E-state index in [1.54, 1.807) is 6.92 Å². The summed E-state index contributed by atoms with van der Waals surface area (Å²) >= 11 is 0. The van der Waals surface area contributed by atoms with Gasteiger partial charge in [-0.25, -0.2) is 0 Å². The Labute approximate surface area is 76.8 Å². The maximum absolute atomic E-state index is 11.0. The van der Waals surface area contributed by atoms with Crippen LogP contribution in [0.3, 0.4) is 0 Å². The molecule has 0 spiro atoms. The lowest BCUT2D eigenvalue weighted by atomic mass is 10.0. The first-order chi connectivity index (χ1) is 6.06. The first-order valence-corrected chi connectivity index (χ1v) is 4.15. The lowest BCUT2D eigenvalue weighted by Gasteiger charge is -2.07. The summed E-state index contributed by atoms with van der Waals surface area (Å²) in [4.78, 5) is 21.2. The van der Waals surface area contributed by atoms with Crippen LogP contribution in [0.5, 0.6) is 0 Å². The van der Waals surface area contributed by atoms with Crippen molar-refractivity contribution >= 4 is 11.9 Å². The fourth-order valence-corrected chi connectivity index (χ4v) is 0.954. The highest BCUT2D eigenvalue weighted by molar-refractivity contribution is 5.77. The number of carboxylic acid groups (broad SMARTS) is 1. The lowest BCUT2D eigenvalue weighted by Crippen LogP contribution is -2.28. The van der Waals surface area contributed by atoms with Crippen molar-refractivity contribution in [1.29, 1.82) is 0 Å². The second kappa shape index (κ2) is 6.42. The Morgan fingerprint density at radius 1 is 1.38 bits per heavy atom. The van der Waals surface area contributed by atoms with Crippen LogP contribution in [0.4, 0.5) is 0 Å². The minimum Gasteiger partial charge on any atom is -0.481 e. The highest BCUT2D eigenvalue weighted by atomic mass is 16.4. The number of hydrogen-bond acceptors (Lipinski definition) is 3. The molecule has 3 N–H and O–H groups in total. The van der Waals surface area contributed by atoms with Crippen molar-refractivity contribution in [2.45, 2.75) is 19.8 Å². The number of rotatable bonds is 6. The number of carbonyl (C=O) groups excluding carboxylic acids is 1. The third-order valence-corrected chi connectivity index (χ3v) is 1.49. The Balaban J connectivity index is 3.59. The predicted octanol–water partition coefficient (Wildman–Crippen LogP) is -0.404. The van der Waals surface area contributed by atoms with Crippen LogP contribution in [0.1, 0.15) is 19.8 Å². The largest absolute Gasteiger partial charge is 0.481 e. The second-order valence-electron chi connectivity index (χ2n) is 2.98. The van der Waals surface area contributed by atoms with E-state index in [-0.39, 0.29) is 37.8 Å². The van der Waals surface area contributed by atoms with Crippen LogP contribution in [0, 0.1) is 5.92 Å². The van der Waals surface area contributed by atoms with Crippen LogP contribution in [0.25, 0.3) is 0 Å². The summed E-state index contributed by atoms with van der Waals surface area (Å²) in [7, 11) is 0. The molecule has 13 heavy (non-hydrogen) atoms. The van der Waals surface area contributed by atoms with Gasteiger partial charge in [0.15, 0.2) is 0 Å². The molecule has 0 aliphatic carbocycles. The number of hydrogen-bond donors (Lipinski definition) is 3. The quantitative estimate of drug-likeness (QED) is 0.530. The van der Waals surface area contributed by atoms with E-state index in [2.05, 4.69) is 5.32 Å². The molecule has 0 aliphatic heterocycles. The van der Waals surface area contributed by atoms with Crippen molar-refractivity contribution in [3.8, 4) is 0 Å². The highest BCUT2D eigenvalue weighted by Crippen LogP contribution is 2.06. The number of nitrogens with one attached hydrogen (secondary N) is 1. The molecule has 0 aromatic rings. The van der Waals surface area contributed by atoms with Gasteiger partial charge in [0, 0.05) is 19.4 Å². The molecule has 5 nitrogen and oxygen atoms in total. The predicted molar refractivity (Wildman–Crippen MR) is 46.1 cm³/mol. The molecule has 0 aliphatic rings. The standard InChI is InChI=1S/C8H15NO4/c1-6(5-8(12)13)4-7(11)9-2-3-10/h6,10H,2-5H2,1H3,(H,9,11)(H,12,13). The van der Waals surface area contributed by atoms with Crippen LogP contribution in [-0.2, 0) is 9.59 Å². The van der Waals surface area contributed by atoms with E-state index in [0.717, 1.165) is 0 Å². The summed E-state index contributed by atoms with van der Waals surface area (Å²) < 4.78 is 0. The zero-order chi connectivity index (χ0) is 10.3. The topological polar surface area (TPSA) is 86.6 Å². The van der Waals surface area contributed by atoms with Gasteiger partial charge in [0.2, 0.25) is 5.91 Å². The number of carbonyl (C=O) groups is 2. The fraction of sp³-hybridized carbons (Fsp3) is 0.750. The Hall–Kier alpha value is -1.10. The van der Waals surface area contributed by atoms with Crippen LogP contribution >= 0.6 is 0 Å². The molecule has 0 saturated heterocycles. The first-order valence-electron chi connectivity index (χ1n) is 4.15. The Morgan fingerprint density at radius 2 is 2.00 bits per heavy atom. The average molecular weight is 189 g/mol. The van der Waals surface area contributed by atoms with E-state index in [9.17, 15) is 9.59 Å². The molecule has 0 fully saturated rings. The van der Waals surface area contributed by atoms with Gasteiger partial charge >= 0.3 is 5.97 Å². The van der Waals surface area contributed by atoms with Gasteiger partial charge < -0.3 is 15.5 Å². The van der Waals surface area contributed by atoms with Gasteiger partial charge in [-0.1, -0.05) is 6.92 Å². The molecule has 0 heterocycles. The van der Waals surface area contributed by atoms with E-state index in [0.29, 0.717) is 0 Å². The molecule has 5 heteroatoms. The smallest absolute Gasteiger partial charge is 0.303 e. The van der Waals surface area contributed by atoms with Crippen molar-refractivity contribution in [2.75, 3.05) is 13.2 Å². The first kappa shape index (κ1) is 11.9. The Kier molecular flexibility index (Phi) is 5.88. The van der Waals surface area contributed by atoms with E-state index in [1.807, 2.05) is 0 Å². The van der Waals surface area contributed by atoms with Crippen molar-refractivity contribution in [3.05, 3.63) is 0 Å². The summed E-state index contributed by atoms with van der Waals surface area (Å²) in [6, 6.07) is 0. The number of amides is 1. The minimum atomic E-state index is -0.901. The maximum Gasteiger partial charge on any atom is 0.303 e. The van der Waals surface area contributed by atoms with Crippen molar-refractivity contribution < 1.29 is 19.8 Å². The van der Waals surface area contributed by atoms with Gasteiger partial charge in [-0.15, -0.1) is 0 Å². The van der Waals surface area contributed by atoms with E-state index in [4.69, 9.17) is 10.2 Å². The number of aliphatic hydroxyl groups excluding tert-OH is 1. The minimum absolute atomic E-state index is 0.00740. The highest BCUT2D eigenvalue weighted by Gasteiger charge is 2.11. The lowest BCUT2D eigenvalue weighted by molar-refractivity contribution is -0.138. The molecule has 0 aromatic carbocycles. The molecule has 0 aromatic heterocycles. The zero-order valence-corrected chi connectivity index (χ0v) is 7.62. The number of carboxylic acids is 1. The van der Waals surface area contributed by atoms with Gasteiger partial charge in [-0.2, -0.15) is 0 Å².